The van der Waals surface area contributed by atoms with E-state index in [0.717, 1.165) is 5.82 Å². The van der Waals surface area contributed by atoms with Crippen LogP contribution in [0.15, 0.2) is 12.4 Å². The molecule has 0 radical (unpaired) electrons. The van der Waals surface area contributed by atoms with Crippen molar-refractivity contribution in [2.24, 2.45) is 5.41 Å². The van der Waals surface area contributed by atoms with Crippen LogP contribution in [0.3, 0.4) is 0 Å². The molecule has 1 heterocycles. The molecule has 0 unspecified atom stereocenters. The van der Waals surface area contributed by atoms with Crippen LogP contribution < -0.4 is 0 Å². The molecule has 1 rings (SSSR count). The fourth-order valence-corrected chi connectivity index (χ4v) is 1.35. The maximum atomic E-state index is 11.9. The van der Waals surface area contributed by atoms with E-state index >= 15 is 0 Å². The number of carbonyl (C=O) groups excluding carboxylic acids is 1. The molecule has 3 nitrogen and oxygen atoms in total. The minimum Gasteiger partial charge on any atom is -0.327 e. The summed E-state index contributed by atoms with van der Waals surface area (Å²) in [6.45, 7) is 10.4. The first kappa shape index (κ1) is 12.0. The molecule has 0 aliphatic carbocycles. The predicted molar refractivity (Wildman–Crippen MR) is 60.8 cm³/mol. The lowest BCUT2D eigenvalue weighted by Crippen LogP contribution is -2.25. The highest BCUT2D eigenvalue weighted by molar-refractivity contribution is 5.83. The van der Waals surface area contributed by atoms with Gasteiger partial charge in [0, 0.05) is 23.7 Å². The van der Waals surface area contributed by atoms with E-state index in [1.54, 1.807) is 6.20 Å². The number of aromatic nitrogens is 2. The molecule has 3 heteroatoms. The number of rotatable bonds is 3. The number of carbonyl (C=O) groups is 1. The van der Waals surface area contributed by atoms with Crippen molar-refractivity contribution < 1.29 is 4.79 Å². The Kier molecular flexibility index (Phi) is 3.32. The van der Waals surface area contributed by atoms with Crippen LogP contribution in [0.1, 0.15) is 46.4 Å². The van der Waals surface area contributed by atoms with Gasteiger partial charge >= 0.3 is 0 Å². The van der Waals surface area contributed by atoms with Crippen molar-refractivity contribution in [2.75, 3.05) is 0 Å². The standard InChI is InChI=1S/C12H20N2O/c1-9(2)11-13-6-7-14(11)8-10(15)12(3,4)5/h6-7,9H,8H2,1-5H3. The average Bonchev–Trinajstić information content (AvgIpc) is 2.50. The number of nitrogens with zero attached hydrogens (tertiary/aromatic N) is 2. The zero-order chi connectivity index (χ0) is 11.6. The molecule has 0 saturated carbocycles. The lowest BCUT2D eigenvalue weighted by atomic mass is 9.91. The zero-order valence-corrected chi connectivity index (χ0v) is 10.2. The van der Waals surface area contributed by atoms with E-state index < -0.39 is 0 Å². The Morgan fingerprint density at radius 3 is 2.53 bits per heavy atom. The molecule has 0 saturated heterocycles. The molecular weight excluding hydrogens is 188 g/mol. The maximum Gasteiger partial charge on any atom is 0.157 e. The van der Waals surface area contributed by atoms with Crippen molar-refractivity contribution in [3.63, 3.8) is 0 Å². The van der Waals surface area contributed by atoms with E-state index in [-0.39, 0.29) is 11.2 Å². The van der Waals surface area contributed by atoms with Crippen molar-refractivity contribution in [1.82, 2.24) is 9.55 Å². The molecule has 0 aliphatic heterocycles. The third kappa shape index (κ3) is 2.91. The average molecular weight is 208 g/mol. The van der Waals surface area contributed by atoms with Gasteiger partial charge in [-0.2, -0.15) is 0 Å². The molecule has 1 aromatic heterocycles. The minimum atomic E-state index is -0.279. The summed E-state index contributed by atoms with van der Waals surface area (Å²) in [4.78, 5) is 16.1. The number of Topliss-reactive ketones (excluding diaryl/α,β-unsaturated/α-hetero) is 1. The lowest BCUT2D eigenvalue weighted by Gasteiger charge is -2.18. The van der Waals surface area contributed by atoms with E-state index in [9.17, 15) is 4.79 Å². The Labute approximate surface area is 91.5 Å². The zero-order valence-electron chi connectivity index (χ0n) is 10.2. The van der Waals surface area contributed by atoms with E-state index in [1.165, 1.54) is 0 Å². The second-order valence-corrected chi connectivity index (χ2v) is 5.24. The summed E-state index contributed by atoms with van der Waals surface area (Å²) in [5, 5.41) is 0. The van der Waals surface area contributed by atoms with Gasteiger partial charge in [-0.1, -0.05) is 34.6 Å². The highest BCUT2D eigenvalue weighted by Crippen LogP contribution is 2.18. The van der Waals surface area contributed by atoms with Crippen LogP contribution in [-0.2, 0) is 11.3 Å². The molecule has 0 bridgehead atoms. The summed E-state index contributed by atoms with van der Waals surface area (Å²) in [6.07, 6.45) is 3.63. The number of hydrogen-bond donors (Lipinski definition) is 0. The Morgan fingerprint density at radius 1 is 1.47 bits per heavy atom. The van der Waals surface area contributed by atoms with Gasteiger partial charge in [0.25, 0.3) is 0 Å². The van der Waals surface area contributed by atoms with Crippen LogP contribution in [0.2, 0.25) is 0 Å². The van der Waals surface area contributed by atoms with Crippen LogP contribution >= 0.6 is 0 Å². The van der Waals surface area contributed by atoms with Gasteiger partial charge in [-0.05, 0) is 0 Å². The van der Waals surface area contributed by atoms with Gasteiger partial charge < -0.3 is 4.57 Å². The summed E-state index contributed by atoms with van der Waals surface area (Å²) >= 11 is 0. The fraction of sp³-hybridized carbons (Fsp3) is 0.667. The second kappa shape index (κ2) is 4.17. The monoisotopic (exact) mass is 208 g/mol. The molecule has 84 valence electrons. The number of hydrogen-bond acceptors (Lipinski definition) is 2. The summed E-state index contributed by atoms with van der Waals surface area (Å²) < 4.78 is 1.94. The van der Waals surface area contributed by atoms with E-state index in [2.05, 4.69) is 18.8 Å². The third-order valence-corrected chi connectivity index (χ3v) is 2.41. The SMILES string of the molecule is CC(C)c1nccn1CC(=O)C(C)(C)C. The molecule has 0 fully saturated rings. The largest absolute Gasteiger partial charge is 0.327 e. The molecule has 1 aromatic rings. The minimum absolute atomic E-state index is 0.238. The quantitative estimate of drug-likeness (QED) is 0.765. The highest BCUT2D eigenvalue weighted by Gasteiger charge is 2.22. The Balaban J connectivity index is 2.82. The summed E-state index contributed by atoms with van der Waals surface area (Å²) in [7, 11) is 0. The lowest BCUT2D eigenvalue weighted by molar-refractivity contribution is -0.126. The van der Waals surface area contributed by atoms with Gasteiger partial charge in [-0.3, -0.25) is 4.79 Å². The first-order valence-electron chi connectivity index (χ1n) is 5.36. The van der Waals surface area contributed by atoms with Crippen molar-refractivity contribution in [2.45, 2.75) is 47.1 Å². The van der Waals surface area contributed by atoms with Crippen molar-refractivity contribution in [3.05, 3.63) is 18.2 Å². The van der Waals surface area contributed by atoms with Crippen molar-refractivity contribution in [3.8, 4) is 0 Å². The van der Waals surface area contributed by atoms with Crippen molar-refractivity contribution in [1.29, 1.82) is 0 Å². The van der Waals surface area contributed by atoms with Gasteiger partial charge in [-0.25, -0.2) is 4.98 Å². The maximum absolute atomic E-state index is 11.9. The van der Waals surface area contributed by atoms with Crippen LogP contribution in [-0.4, -0.2) is 15.3 Å². The summed E-state index contributed by atoms with van der Waals surface area (Å²) in [5.41, 5.74) is -0.279. The molecule has 15 heavy (non-hydrogen) atoms. The molecule has 0 amide bonds. The van der Waals surface area contributed by atoms with E-state index in [4.69, 9.17) is 0 Å². The van der Waals surface area contributed by atoms with Gasteiger partial charge in [0.2, 0.25) is 0 Å². The van der Waals surface area contributed by atoms with Crippen molar-refractivity contribution >= 4 is 5.78 Å². The van der Waals surface area contributed by atoms with E-state index in [1.807, 2.05) is 31.5 Å². The number of ketones is 1. The molecule has 0 N–H and O–H groups in total. The van der Waals surface area contributed by atoms with Gasteiger partial charge in [0.1, 0.15) is 5.82 Å². The van der Waals surface area contributed by atoms with Crippen LogP contribution in [0, 0.1) is 5.41 Å². The molecule has 0 atom stereocenters. The topological polar surface area (TPSA) is 34.9 Å². The van der Waals surface area contributed by atoms with E-state index in [0.29, 0.717) is 12.5 Å². The van der Waals surface area contributed by atoms with Crippen LogP contribution in [0.4, 0.5) is 0 Å². The highest BCUT2D eigenvalue weighted by atomic mass is 16.1. The summed E-state index contributed by atoms with van der Waals surface area (Å²) in [5.74, 6) is 1.57. The Hall–Kier alpha value is -1.12. The molecule has 0 aromatic carbocycles. The van der Waals surface area contributed by atoms with Crippen LogP contribution in [0.25, 0.3) is 0 Å². The van der Waals surface area contributed by atoms with Gasteiger partial charge in [0.05, 0.1) is 6.54 Å². The molecule has 0 spiro atoms. The molecule has 0 aliphatic rings. The molecular formula is C12H20N2O. The first-order valence-corrected chi connectivity index (χ1v) is 5.36. The normalized spacial score (nSPS) is 12.1. The van der Waals surface area contributed by atoms with Gasteiger partial charge in [-0.15, -0.1) is 0 Å². The Morgan fingerprint density at radius 2 is 2.07 bits per heavy atom. The second-order valence-electron chi connectivity index (χ2n) is 5.24. The predicted octanol–water partition coefficient (Wildman–Crippen LogP) is 2.62. The summed E-state index contributed by atoms with van der Waals surface area (Å²) in [6, 6.07) is 0. The van der Waals surface area contributed by atoms with Crippen LogP contribution in [0.5, 0.6) is 0 Å². The number of imidazole rings is 1. The first-order chi connectivity index (χ1) is 6.82. The third-order valence-electron chi connectivity index (χ3n) is 2.41. The Bertz CT molecular complexity index is 345. The smallest absolute Gasteiger partial charge is 0.157 e. The van der Waals surface area contributed by atoms with Gasteiger partial charge in [0.15, 0.2) is 5.78 Å². The fourth-order valence-electron chi connectivity index (χ4n) is 1.35.